The molecule has 1 amide bonds. The number of thiophene rings is 1. The lowest BCUT2D eigenvalue weighted by molar-refractivity contribution is -0.192. The van der Waals surface area contributed by atoms with E-state index >= 15 is 0 Å². The van der Waals surface area contributed by atoms with Crippen molar-refractivity contribution in [3.8, 4) is 10.7 Å². The molecule has 4 aromatic rings. The van der Waals surface area contributed by atoms with Gasteiger partial charge in [-0.3, -0.25) is 14.4 Å². The van der Waals surface area contributed by atoms with E-state index < -0.39 is 22.2 Å². The number of likely N-dealkylation sites (tertiary alicyclic amines) is 1. The molecule has 4 heterocycles. The first kappa shape index (κ1) is 34.4. The summed E-state index contributed by atoms with van der Waals surface area (Å²) in [7, 11) is -3.76. The van der Waals surface area contributed by atoms with Gasteiger partial charge in [-0.1, -0.05) is 12.1 Å². The minimum atomic E-state index is -5.08. The summed E-state index contributed by atoms with van der Waals surface area (Å²) in [5.74, 6) is -2.99. The minimum absolute atomic E-state index is 0.0253. The molecular formula is C28H32F3N5O6S3. The third-order valence-electron chi connectivity index (χ3n) is 6.97. The lowest BCUT2D eigenvalue weighted by Gasteiger charge is -2.29. The number of nitrogens with two attached hydrogens (primary N) is 1. The number of amides is 1. The van der Waals surface area contributed by atoms with Gasteiger partial charge in [0.25, 0.3) is 10.0 Å². The van der Waals surface area contributed by atoms with E-state index in [0.29, 0.717) is 35.0 Å². The smallest absolute Gasteiger partial charge is 0.475 e. The lowest BCUT2D eigenvalue weighted by Crippen LogP contribution is -2.37. The summed E-state index contributed by atoms with van der Waals surface area (Å²) < 4.78 is 66.8. The topological polar surface area (TPSA) is 168 Å². The van der Waals surface area contributed by atoms with Crippen molar-refractivity contribution in [2.24, 2.45) is 11.7 Å². The molecule has 45 heavy (non-hydrogen) atoms. The fourth-order valence-corrected chi connectivity index (χ4v) is 8.19. The number of carboxylic acids is 1. The van der Waals surface area contributed by atoms with Crippen LogP contribution in [0.3, 0.4) is 0 Å². The quantitative estimate of drug-likeness (QED) is 0.159. The molecule has 0 aliphatic carbocycles. The van der Waals surface area contributed by atoms with Crippen molar-refractivity contribution >= 4 is 61.2 Å². The van der Waals surface area contributed by atoms with Crippen LogP contribution in [0.4, 0.5) is 18.9 Å². The predicted octanol–water partition coefficient (Wildman–Crippen LogP) is 5.06. The highest BCUT2D eigenvalue weighted by molar-refractivity contribution is 7.94. The van der Waals surface area contributed by atoms with E-state index in [0.717, 1.165) is 59.0 Å². The number of carbonyl (C=O) groups excluding carboxylic acids is 1. The molecule has 1 saturated heterocycles. The van der Waals surface area contributed by atoms with Gasteiger partial charge in [0.05, 0.1) is 23.5 Å². The number of benzene rings is 1. The number of halogens is 3. The van der Waals surface area contributed by atoms with Gasteiger partial charge in [0.2, 0.25) is 5.91 Å². The first-order valence-electron chi connectivity index (χ1n) is 13.8. The molecule has 0 spiro atoms. The third-order valence-corrected chi connectivity index (χ3v) is 10.9. The van der Waals surface area contributed by atoms with Crippen molar-refractivity contribution in [1.82, 2.24) is 14.9 Å². The number of ether oxygens (including phenoxy) is 1. The van der Waals surface area contributed by atoms with Crippen LogP contribution in [0.5, 0.6) is 0 Å². The van der Waals surface area contributed by atoms with E-state index in [1.165, 1.54) is 11.3 Å². The van der Waals surface area contributed by atoms with E-state index in [2.05, 4.69) is 19.6 Å². The van der Waals surface area contributed by atoms with Gasteiger partial charge in [-0.2, -0.15) is 13.2 Å². The van der Waals surface area contributed by atoms with Crippen LogP contribution in [-0.4, -0.2) is 72.7 Å². The number of aromatic amines is 1. The summed E-state index contributed by atoms with van der Waals surface area (Å²) >= 11 is 2.81. The van der Waals surface area contributed by atoms with Crippen molar-refractivity contribution in [3.05, 3.63) is 52.3 Å². The second-order valence-electron chi connectivity index (χ2n) is 10.1. The van der Waals surface area contributed by atoms with Crippen LogP contribution < -0.4 is 10.5 Å². The number of piperidine rings is 1. The Kier molecular flexibility index (Phi) is 11.2. The predicted molar refractivity (Wildman–Crippen MR) is 166 cm³/mol. The number of primary amides is 1. The average molecular weight is 688 g/mol. The zero-order valence-electron chi connectivity index (χ0n) is 24.1. The number of nitrogens with zero attached hydrogens (tertiary/aromatic N) is 2. The van der Waals surface area contributed by atoms with Crippen molar-refractivity contribution in [2.45, 2.75) is 43.1 Å². The molecule has 5 N–H and O–H groups in total. The van der Waals surface area contributed by atoms with E-state index in [1.54, 1.807) is 22.8 Å². The van der Waals surface area contributed by atoms with Gasteiger partial charge in [-0.25, -0.2) is 18.2 Å². The Morgan fingerprint density at radius 2 is 1.96 bits per heavy atom. The number of sulfonamides is 1. The number of carbonyl (C=O) groups is 2. The summed E-state index contributed by atoms with van der Waals surface area (Å²) in [6, 6.07) is 9.38. The molecule has 11 nitrogen and oxygen atoms in total. The third kappa shape index (κ3) is 9.03. The molecule has 1 aliphatic rings. The van der Waals surface area contributed by atoms with Gasteiger partial charge in [-0.15, -0.1) is 22.7 Å². The Balaban J connectivity index is 0.000000591. The molecule has 5 rings (SSSR count). The Bertz CT molecular complexity index is 1730. The van der Waals surface area contributed by atoms with Crippen LogP contribution >= 0.6 is 22.7 Å². The molecule has 0 atom stereocenters. The van der Waals surface area contributed by atoms with Crippen molar-refractivity contribution in [2.75, 3.05) is 31.0 Å². The van der Waals surface area contributed by atoms with Gasteiger partial charge < -0.3 is 20.6 Å². The molecular weight excluding hydrogens is 656 g/mol. The van der Waals surface area contributed by atoms with Crippen LogP contribution in [0.15, 0.2) is 46.1 Å². The van der Waals surface area contributed by atoms with Crippen LogP contribution in [0.2, 0.25) is 0 Å². The lowest BCUT2D eigenvalue weighted by atomic mass is 9.96. The molecule has 1 fully saturated rings. The number of aromatic nitrogens is 2. The molecule has 0 unspecified atom stereocenters. The fourth-order valence-electron chi connectivity index (χ4n) is 4.72. The van der Waals surface area contributed by atoms with E-state index in [-0.39, 0.29) is 11.8 Å². The second kappa shape index (κ2) is 14.7. The fraction of sp³-hybridized carbons (Fsp3) is 0.393. The van der Waals surface area contributed by atoms with Gasteiger partial charge in [-0.05, 0) is 68.4 Å². The SMILES string of the molecule is CCOCCc1ccsc1S(=O)(=O)Nc1cccc2cc(-c3ncc(CN4CCC(C(N)=O)CC4)s3)[nH]c12.O=C(O)C(F)(F)F. The number of thiazole rings is 1. The zero-order valence-corrected chi connectivity index (χ0v) is 26.5. The maximum Gasteiger partial charge on any atom is 0.490 e. The number of anilines is 1. The monoisotopic (exact) mass is 687 g/mol. The number of hydrogen-bond donors (Lipinski definition) is 4. The van der Waals surface area contributed by atoms with Crippen molar-refractivity contribution in [1.29, 1.82) is 0 Å². The largest absolute Gasteiger partial charge is 0.490 e. The Morgan fingerprint density at radius 1 is 1.24 bits per heavy atom. The van der Waals surface area contributed by atoms with E-state index in [4.69, 9.17) is 20.4 Å². The van der Waals surface area contributed by atoms with E-state index in [1.807, 2.05) is 37.4 Å². The maximum absolute atomic E-state index is 13.3. The molecule has 0 radical (unpaired) electrons. The van der Waals surface area contributed by atoms with Crippen LogP contribution in [0, 0.1) is 5.92 Å². The number of para-hydroxylation sites is 1. The highest BCUT2D eigenvalue weighted by atomic mass is 32.2. The number of fused-ring (bicyclic) bond motifs is 1. The van der Waals surface area contributed by atoms with Crippen molar-refractivity contribution in [3.63, 3.8) is 0 Å². The van der Waals surface area contributed by atoms with Gasteiger partial charge in [0.1, 0.15) is 9.22 Å². The highest BCUT2D eigenvalue weighted by Gasteiger charge is 2.38. The highest BCUT2D eigenvalue weighted by Crippen LogP contribution is 2.34. The molecule has 0 saturated carbocycles. The number of H-pyrrole nitrogens is 1. The van der Waals surface area contributed by atoms with E-state index in [9.17, 15) is 26.4 Å². The average Bonchev–Trinajstić information content (AvgIpc) is 3.74. The molecule has 1 aliphatic heterocycles. The summed E-state index contributed by atoms with van der Waals surface area (Å²) in [6.45, 7) is 5.45. The van der Waals surface area contributed by atoms with Gasteiger partial charge >= 0.3 is 12.1 Å². The summed E-state index contributed by atoms with van der Waals surface area (Å²) in [5, 5.41) is 10.7. The number of alkyl halides is 3. The van der Waals surface area contributed by atoms with Crippen molar-refractivity contribution < 1.29 is 41.0 Å². The molecule has 0 bridgehead atoms. The Morgan fingerprint density at radius 3 is 2.60 bits per heavy atom. The summed E-state index contributed by atoms with van der Waals surface area (Å²) in [6.07, 6.45) is -1.07. The van der Waals surface area contributed by atoms with Gasteiger partial charge in [0.15, 0.2) is 0 Å². The normalized spacial score (nSPS) is 14.7. The van der Waals surface area contributed by atoms with Gasteiger partial charge in [0, 0.05) is 35.5 Å². The van der Waals surface area contributed by atoms with Crippen LogP contribution in [-0.2, 0) is 37.3 Å². The standard InChI is InChI=1S/C26H31N5O4S3.C2HF3O2/c1-2-35-12-8-18-9-13-36-26(18)38(33,34)30-21-5-3-4-19-14-22(29-23(19)21)25-28-15-20(37-25)16-31-10-6-17(7-11-31)24(27)32;3-2(4,5)1(6)7/h3-5,9,13-15,17,29-30H,2,6-8,10-12,16H2,1H3,(H2,27,32);(H,6,7). The zero-order chi connectivity index (χ0) is 32.8. The number of rotatable bonds is 11. The number of carboxylic acid groups (broad SMARTS) is 1. The first-order chi connectivity index (χ1) is 21.3. The number of aliphatic carboxylic acids is 1. The first-order valence-corrected chi connectivity index (χ1v) is 17.0. The van der Waals surface area contributed by atoms with Crippen LogP contribution in [0.1, 0.15) is 30.2 Å². The molecule has 244 valence electrons. The summed E-state index contributed by atoms with van der Waals surface area (Å²) in [4.78, 5) is 31.8. The van der Waals surface area contributed by atoms with Crippen LogP contribution in [0.25, 0.3) is 21.6 Å². The maximum atomic E-state index is 13.3. The minimum Gasteiger partial charge on any atom is -0.475 e. The Labute approximate surface area is 265 Å². The number of nitrogens with one attached hydrogen (secondary N) is 2. The summed E-state index contributed by atoms with van der Waals surface area (Å²) in [5.41, 5.74) is 8.25. The Hall–Kier alpha value is -3.51. The number of hydrogen-bond acceptors (Lipinski definition) is 9. The molecule has 1 aromatic carbocycles. The molecule has 3 aromatic heterocycles. The molecule has 17 heteroatoms. The second-order valence-corrected chi connectivity index (χ2v) is 14.0.